The van der Waals surface area contributed by atoms with E-state index in [2.05, 4.69) is 0 Å². The Hall–Kier alpha value is -0.810. The quantitative estimate of drug-likeness (QED) is 0.634. The van der Waals surface area contributed by atoms with Gasteiger partial charge in [-0.15, -0.1) is 0 Å². The Morgan fingerprint density at radius 2 is 2.20 bits per heavy atom. The van der Waals surface area contributed by atoms with Crippen LogP contribution in [0.1, 0.15) is 20.8 Å². The van der Waals surface area contributed by atoms with E-state index in [1.165, 1.54) is 0 Å². The van der Waals surface area contributed by atoms with E-state index in [9.17, 15) is 9.90 Å². The zero-order chi connectivity index (χ0) is 11.2. The molecule has 0 aromatic carbocycles. The molecule has 0 aliphatic carbocycles. The molecule has 2 saturated heterocycles. The molecule has 0 saturated carbocycles. The Morgan fingerprint density at radius 3 is 2.60 bits per heavy atom. The summed E-state index contributed by atoms with van der Waals surface area (Å²) in [5, 5.41) is 9.67. The van der Waals surface area contributed by atoms with Crippen molar-refractivity contribution in [2.75, 3.05) is 13.2 Å². The van der Waals surface area contributed by atoms with Gasteiger partial charge in [-0.25, -0.2) is 4.79 Å². The van der Waals surface area contributed by atoms with Crippen LogP contribution < -0.4 is 0 Å². The third-order valence-corrected chi connectivity index (χ3v) is 2.66. The van der Waals surface area contributed by atoms with Crippen LogP contribution in [0.3, 0.4) is 0 Å². The van der Waals surface area contributed by atoms with Gasteiger partial charge in [0.25, 0.3) is 0 Å². The van der Waals surface area contributed by atoms with Crippen molar-refractivity contribution in [2.24, 2.45) is 0 Å². The van der Waals surface area contributed by atoms with E-state index in [0.29, 0.717) is 13.2 Å². The fourth-order valence-electron chi connectivity index (χ4n) is 1.96. The summed E-state index contributed by atoms with van der Waals surface area (Å²) in [5.74, 6) is 0. The molecule has 1 N–H and O–H groups in total. The molecule has 2 aliphatic heterocycles. The van der Waals surface area contributed by atoms with Gasteiger partial charge in [-0.2, -0.15) is 0 Å². The van der Waals surface area contributed by atoms with Crippen molar-refractivity contribution in [1.82, 2.24) is 4.90 Å². The summed E-state index contributed by atoms with van der Waals surface area (Å²) < 4.78 is 10.5. The van der Waals surface area contributed by atoms with Crippen molar-refractivity contribution < 1.29 is 19.4 Å². The molecule has 5 heteroatoms. The molecule has 0 radical (unpaired) electrons. The second-order valence-electron chi connectivity index (χ2n) is 5.06. The minimum atomic E-state index is -0.558. The number of carbonyl (C=O) groups is 1. The first-order valence-electron chi connectivity index (χ1n) is 5.18. The maximum atomic E-state index is 11.7. The van der Waals surface area contributed by atoms with Gasteiger partial charge >= 0.3 is 6.09 Å². The average molecular weight is 215 g/mol. The number of rotatable bonds is 0. The lowest BCUT2D eigenvalue weighted by Gasteiger charge is -2.29. The fourth-order valence-corrected chi connectivity index (χ4v) is 1.96. The SMILES string of the molecule is CC(C)(C)OC(=O)N1C[C@H]2OC[C@@H]1[C@@H]2O. The van der Waals surface area contributed by atoms with Crippen LogP contribution >= 0.6 is 0 Å². The van der Waals surface area contributed by atoms with Crippen molar-refractivity contribution in [3.05, 3.63) is 0 Å². The highest BCUT2D eigenvalue weighted by Crippen LogP contribution is 2.29. The first kappa shape index (κ1) is 10.7. The third kappa shape index (κ3) is 1.94. The summed E-state index contributed by atoms with van der Waals surface area (Å²) in [4.78, 5) is 13.3. The Balaban J connectivity index is 1.99. The number of aliphatic hydroxyl groups excluding tert-OH is 1. The molecule has 15 heavy (non-hydrogen) atoms. The first-order valence-corrected chi connectivity index (χ1v) is 5.18. The van der Waals surface area contributed by atoms with E-state index >= 15 is 0 Å². The summed E-state index contributed by atoms with van der Waals surface area (Å²) >= 11 is 0. The maximum absolute atomic E-state index is 11.7. The number of hydrogen-bond donors (Lipinski definition) is 1. The number of amides is 1. The normalized spacial score (nSPS) is 34.7. The van der Waals surface area contributed by atoms with E-state index in [1.807, 2.05) is 20.8 Å². The van der Waals surface area contributed by atoms with Gasteiger partial charge in [0.1, 0.15) is 17.8 Å². The predicted molar refractivity (Wildman–Crippen MR) is 52.5 cm³/mol. The minimum Gasteiger partial charge on any atom is -0.444 e. The standard InChI is InChI=1S/C10H17NO4/c1-10(2,3)15-9(13)11-4-7-8(12)6(11)5-14-7/h6-8,12H,4-5H2,1-3H3/t6-,7-,8+/m1/s1. The molecule has 3 atom stereocenters. The molecule has 2 heterocycles. The smallest absolute Gasteiger partial charge is 0.410 e. The number of hydrogen-bond acceptors (Lipinski definition) is 4. The molecule has 2 bridgehead atoms. The van der Waals surface area contributed by atoms with Crippen LogP contribution in [0.4, 0.5) is 4.79 Å². The highest BCUT2D eigenvalue weighted by molar-refractivity contribution is 5.69. The monoisotopic (exact) mass is 215 g/mol. The molecule has 86 valence electrons. The van der Waals surface area contributed by atoms with Gasteiger partial charge in [0, 0.05) is 0 Å². The van der Waals surface area contributed by atoms with Crippen LogP contribution in [0, 0.1) is 0 Å². The van der Waals surface area contributed by atoms with Crippen molar-refractivity contribution in [3.63, 3.8) is 0 Å². The first-order chi connectivity index (χ1) is 6.88. The number of fused-ring (bicyclic) bond motifs is 2. The zero-order valence-corrected chi connectivity index (χ0v) is 9.27. The summed E-state index contributed by atoms with van der Waals surface area (Å²) in [7, 11) is 0. The van der Waals surface area contributed by atoms with Gasteiger partial charge in [0.2, 0.25) is 0 Å². The third-order valence-electron chi connectivity index (χ3n) is 2.66. The molecule has 5 nitrogen and oxygen atoms in total. The summed E-state index contributed by atoms with van der Waals surface area (Å²) in [6.45, 7) is 6.32. The number of ether oxygens (including phenoxy) is 2. The molecule has 0 aromatic rings. The molecule has 0 spiro atoms. The lowest BCUT2D eigenvalue weighted by molar-refractivity contribution is -0.00922. The van der Waals surface area contributed by atoms with Crippen molar-refractivity contribution in [1.29, 1.82) is 0 Å². The maximum Gasteiger partial charge on any atom is 0.410 e. The van der Waals surface area contributed by atoms with E-state index in [0.717, 1.165) is 0 Å². The Kier molecular flexibility index (Phi) is 2.39. The molecule has 2 rings (SSSR count). The van der Waals surface area contributed by atoms with Crippen LogP contribution in [-0.2, 0) is 9.47 Å². The fraction of sp³-hybridized carbons (Fsp3) is 0.900. The summed E-state index contributed by atoms with van der Waals surface area (Å²) in [6, 6.07) is -0.232. The van der Waals surface area contributed by atoms with Crippen molar-refractivity contribution in [2.45, 2.75) is 44.6 Å². The minimum absolute atomic E-state index is 0.232. The van der Waals surface area contributed by atoms with Crippen LogP contribution in [0.5, 0.6) is 0 Å². The number of carbonyl (C=O) groups excluding carboxylic acids is 1. The molecular weight excluding hydrogens is 198 g/mol. The van der Waals surface area contributed by atoms with Crippen LogP contribution in [0.2, 0.25) is 0 Å². The van der Waals surface area contributed by atoms with Crippen LogP contribution in [0.15, 0.2) is 0 Å². The van der Waals surface area contributed by atoms with Gasteiger partial charge in [-0.1, -0.05) is 0 Å². The largest absolute Gasteiger partial charge is 0.444 e. The lowest BCUT2D eigenvalue weighted by Crippen LogP contribution is -2.45. The van der Waals surface area contributed by atoms with Crippen LogP contribution in [-0.4, -0.2) is 53.1 Å². The highest BCUT2D eigenvalue weighted by Gasteiger charge is 2.50. The molecular formula is C10H17NO4. The van der Waals surface area contributed by atoms with Gasteiger partial charge in [0.15, 0.2) is 0 Å². The lowest BCUT2D eigenvalue weighted by atomic mass is 10.2. The summed E-state index contributed by atoms with van der Waals surface area (Å²) in [5.41, 5.74) is -0.495. The Morgan fingerprint density at radius 1 is 1.53 bits per heavy atom. The van der Waals surface area contributed by atoms with Crippen molar-refractivity contribution in [3.8, 4) is 0 Å². The molecule has 2 aliphatic rings. The van der Waals surface area contributed by atoms with Gasteiger partial charge in [0.05, 0.1) is 19.2 Å². The van der Waals surface area contributed by atoms with Gasteiger partial charge in [-0.3, -0.25) is 4.90 Å². The second kappa shape index (κ2) is 3.35. The predicted octanol–water partition coefficient (Wildman–Crippen LogP) is 0.365. The number of likely N-dealkylation sites (tertiary alicyclic amines) is 1. The van der Waals surface area contributed by atoms with E-state index in [1.54, 1.807) is 4.90 Å². The zero-order valence-electron chi connectivity index (χ0n) is 9.27. The molecule has 1 amide bonds. The van der Waals surface area contributed by atoms with Crippen molar-refractivity contribution >= 4 is 6.09 Å². The number of aliphatic hydroxyl groups is 1. The second-order valence-corrected chi connectivity index (χ2v) is 5.06. The van der Waals surface area contributed by atoms with E-state index < -0.39 is 11.7 Å². The van der Waals surface area contributed by atoms with Gasteiger partial charge in [-0.05, 0) is 20.8 Å². The van der Waals surface area contributed by atoms with Crippen LogP contribution in [0.25, 0.3) is 0 Å². The number of morpholine rings is 1. The summed E-state index contributed by atoms with van der Waals surface area (Å²) in [6.07, 6.45) is -1.16. The Bertz CT molecular complexity index is 273. The van der Waals surface area contributed by atoms with Gasteiger partial charge < -0.3 is 14.6 Å². The average Bonchev–Trinajstić information content (AvgIpc) is 2.59. The van der Waals surface area contributed by atoms with E-state index in [-0.39, 0.29) is 18.2 Å². The molecule has 0 aromatic heterocycles. The molecule has 2 fully saturated rings. The number of nitrogens with zero attached hydrogens (tertiary/aromatic N) is 1. The highest BCUT2D eigenvalue weighted by atomic mass is 16.6. The molecule has 0 unspecified atom stereocenters. The topological polar surface area (TPSA) is 59.0 Å². The van der Waals surface area contributed by atoms with E-state index in [4.69, 9.17) is 9.47 Å². The Labute approximate surface area is 89.0 Å².